The summed E-state index contributed by atoms with van der Waals surface area (Å²) in [5.41, 5.74) is 0. The van der Waals surface area contributed by atoms with E-state index in [9.17, 15) is 9.59 Å². The van der Waals surface area contributed by atoms with Crippen LogP contribution in [-0.4, -0.2) is 42.8 Å². The fraction of sp³-hybridized carbons (Fsp3) is 0.867. The molecule has 0 bridgehead atoms. The van der Waals surface area contributed by atoms with Gasteiger partial charge in [0.2, 0.25) is 0 Å². The molecule has 0 aromatic heterocycles. The molecule has 1 aliphatic carbocycles. The number of hydrogen-bond acceptors (Lipinski definition) is 4. The van der Waals surface area contributed by atoms with Gasteiger partial charge in [-0.1, -0.05) is 19.8 Å². The fourth-order valence-corrected chi connectivity index (χ4v) is 2.77. The number of ether oxygens (including phenoxy) is 2. The summed E-state index contributed by atoms with van der Waals surface area (Å²) < 4.78 is 10.3. The van der Waals surface area contributed by atoms with Crippen LogP contribution in [0.4, 0.5) is 4.79 Å². The van der Waals surface area contributed by atoms with Crippen molar-refractivity contribution in [2.45, 2.75) is 58.9 Å². The second-order valence-corrected chi connectivity index (χ2v) is 5.10. The van der Waals surface area contributed by atoms with Gasteiger partial charge in [0.15, 0.2) is 0 Å². The van der Waals surface area contributed by atoms with E-state index in [1.165, 1.54) is 0 Å². The Kier molecular flexibility index (Phi) is 7.41. The first-order chi connectivity index (χ1) is 9.65. The minimum absolute atomic E-state index is 0.0698. The first-order valence-corrected chi connectivity index (χ1v) is 7.75. The lowest BCUT2D eigenvalue weighted by atomic mass is 10.0. The van der Waals surface area contributed by atoms with Gasteiger partial charge in [0.25, 0.3) is 0 Å². The van der Waals surface area contributed by atoms with Gasteiger partial charge in [0.05, 0.1) is 19.1 Å². The minimum atomic E-state index is -0.304. The van der Waals surface area contributed by atoms with Gasteiger partial charge in [0, 0.05) is 12.6 Å². The molecule has 0 saturated heterocycles. The molecule has 1 saturated carbocycles. The number of amides is 1. The molecule has 116 valence electrons. The first-order valence-electron chi connectivity index (χ1n) is 7.75. The summed E-state index contributed by atoms with van der Waals surface area (Å²) in [4.78, 5) is 25.9. The molecule has 5 nitrogen and oxygen atoms in total. The third kappa shape index (κ3) is 4.39. The summed E-state index contributed by atoms with van der Waals surface area (Å²) in [7, 11) is 0. The molecule has 0 N–H and O–H groups in total. The number of unbranched alkanes of at least 4 members (excludes halogenated alkanes) is 1. The summed E-state index contributed by atoms with van der Waals surface area (Å²) in [6, 6.07) is -0.0698. The van der Waals surface area contributed by atoms with Crippen LogP contribution < -0.4 is 0 Å². The average Bonchev–Trinajstić information content (AvgIpc) is 2.89. The topological polar surface area (TPSA) is 55.8 Å². The van der Waals surface area contributed by atoms with Crippen molar-refractivity contribution in [3.63, 3.8) is 0 Å². The molecule has 0 aliphatic heterocycles. The molecule has 2 unspecified atom stereocenters. The molecular formula is C15H27NO4. The monoisotopic (exact) mass is 285 g/mol. The fourth-order valence-electron chi connectivity index (χ4n) is 2.77. The lowest BCUT2D eigenvalue weighted by Crippen LogP contribution is -2.45. The van der Waals surface area contributed by atoms with Crippen LogP contribution in [0, 0.1) is 5.92 Å². The van der Waals surface area contributed by atoms with Crippen molar-refractivity contribution in [1.29, 1.82) is 0 Å². The van der Waals surface area contributed by atoms with Gasteiger partial charge in [-0.05, 0) is 33.1 Å². The number of nitrogens with zero attached hydrogens (tertiary/aromatic N) is 1. The van der Waals surface area contributed by atoms with E-state index in [-0.39, 0.29) is 24.0 Å². The highest BCUT2D eigenvalue weighted by Gasteiger charge is 2.40. The van der Waals surface area contributed by atoms with Gasteiger partial charge in [-0.2, -0.15) is 0 Å². The Morgan fingerprint density at radius 3 is 2.40 bits per heavy atom. The van der Waals surface area contributed by atoms with Crippen molar-refractivity contribution in [2.75, 3.05) is 19.8 Å². The molecule has 1 amide bonds. The van der Waals surface area contributed by atoms with Crippen LogP contribution in [0.2, 0.25) is 0 Å². The summed E-state index contributed by atoms with van der Waals surface area (Å²) in [5.74, 6) is -0.378. The van der Waals surface area contributed by atoms with Gasteiger partial charge < -0.3 is 14.4 Å². The van der Waals surface area contributed by atoms with Gasteiger partial charge in [-0.25, -0.2) is 4.79 Å². The van der Waals surface area contributed by atoms with E-state index in [0.29, 0.717) is 19.8 Å². The number of carbonyl (C=O) groups excluding carboxylic acids is 2. The molecule has 1 rings (SSSR count). The third-order valence-electron chi connectivity index (χ3n) is 3.72. The average molecular weight is 285 g/mol. The lowest BCUT2D eigenvalue weighted by molar-refractivity contribution is -0.149. The maximum atomic E-state index is 12.1. The predicted molar refractivity (Wildman–Crippen MR) is 76.4 cm³/mol. The van der Waals surface area contributed by atoms with Gasteiger partial charge in [-0.15, -0.1) is 0 Å². The summed E-state index contributed by atoms with van der Waals surface area (Å²) >= 11 is 0. The SMILES string of the molecule is CCCCN(C(=O)OCC)C1CCCC1C(=O)OCC. The van der Waals surface area contributed by atoms with Crippen LogP contribution in [0.1, 0.15) is 52.9 Å². The van der Waals surface area contributed by atoms with E-state index in [0.717, 1.165) is 32.1 Å². The highest BCUT2D eigenvalue weighted by atomic mass is 16.6. The first kappa shape index (κ1) is 16.8. The molecule has 5 heteroatoms. The van der Waals surface area contributed by atoms with Crippen LogP contribution in [0.3, 0.4) is 0 Å². The second-order valence-electron chi connectivity index (χ2n) is 5.10. The largest absolute Gasteiger partial charge is 0.466 e. The van der Waals surface area contributed by atoms with Crippen LogP contribution in [0.5, 0.6) is 0 Å². The molecule has 1 aliphatic rings. The number of carbonyl (C=O) groups is 2. The van der Waals surface area contributed by atoms with Gasteiger partial charge >= 0.3 is 12.1 Å². The Hall–Kier alpha value is -1.26. The van der Waals surface area contributed by atoms with E-state index in [2.05, 4.69) is 6.92 Å². The number of hydrogen-bond donors (Lipinski definition) is 0. The van der Waals surface area contributed by atoms with Crippen molar-refractivity contribution in [3.05, 3.63) is 0 Å². The zero-order valence-corrected chi connectivity index (χ0v) is 12.9. The molecule has 1 fully saturated rings. The van der Waals surface area contributed by atoms with Crippen LogP contribution in [0.25, 0.3) is 0 Å². The quantitative estimate of drug-likeness (QED) is 0.675. The van der Waals surface area contributed by atoms with Crippen molar-refractivity contribution >= 4 is 12.1 Å². The third-order valence-corrected chi connectivity index (χ3v) is 3.72. The van der Waals surface area contributed by atoms with Crippen LogP contribution >= 0.6 is 0 Å². The van der Waals surface area contributed by atoms with Crippen molar-refractivity contribution < 1.29 is 19.1 Å². The molecule has 0 radical (unpaired) electrons. The molecule has 20 heavy (non-hydrogen) atoms. The van der Waals surface area contributed by atoms with E-state index in [4.69, 9.17) is 9.47 Å². The Labute approximate surface area is 121 Å². The van der Waals surface area contributed by atoms with E-state index >= 15 is 0 Å². The maximum Gasteiger partial charge on any atom is 0.410 e. The predicted octanol–water partition coefficient (Wildman–Crippen LogP) is 2.98. The van der Waals surface area contributed by atoms with Crippen molar-refractivity contribution in [2.24, 2.45) is 5.92 Å². The van der Waals surface area contributed by atoms with E-state index in [1.54, 1.807) is 11.8 Å². The highest BCUT2D eigenvalue weighted by Crippen LogP contribution is 2.31. The van der Waals surface area contributed by atoms with Gasteiger partial charge in [-0.3, -0.25) is 4.79 Å². The second kappa shape index (κ2) is 8.82. The zero-order valence-electron chi connectivity index (χ0n) is 12.9. The Bertz CT molecular complexity index is 319. The molecule has 0 spiro atoms. The van der Waals surface area contributed by atoms with Gasteiger partial charge in [0.1, 0.15) is 0 Å². The summed E-state index contributed by atoms with van der Waals surface area (Å²) in [6.07, 6.45) is 4.23. The number of esters is 1. The molecule has 2 atom stereocenters. The summed E-state index contributed by atoms with van der Waals surface area (Å²) in [5, 5.41) is 0. The molecular weight excluding hydrogens is 258 g/mol. The standard InChI is InChI=1S/C15H27NO4/c1-4-7-11-16(15(18)20-6-3)13-10-8-9-12(13)14(17)19-5-2/h12-13H,4-11H2,1-3H3. The zero-order chi connectivity index (χ0) is 15.0. The Balaban J connectivity index is 2.76. The van der Waals surface area contributed by atoms with E-state index in [1.807, 2.05) is 6.92 Å². The van der Waals surface area contributed by atoms with Crippen LogP contribution in [-0.2, 0) is 14.3 Å². The summed E-state index contributed by atoms with van der Waals surface area (Å²) in [6.45, 7) is 7.08. The smallest absolute Gasteiger partial charge is 0.410 e. The maximum absolute atomic E-state index is 12.1. The minimum Gasteiger partial charge on any atom is -0.466 e. The molecule has 0 aromatic carbocycles. The van der Waals surface area contributed by atoms with E-state index < -0.39 is 0 Å². The Morgan fingerprint density at radius 2 is 1.80 bits per heavy atom. The highest BCUT2D eigenvalue weighted by molar-refractivity contribution is 5.75. The van der Waals surface area contributed by atoms with Crippen LogP contribution in [0.15, 0.2) is 0 Å². The lowest BCUT2D eigenvalue weighted by Gasteiger charge is -2.31. The normalized spacial score (nSPS) is 21.6. The molecule has 0 heterocycles. The Morgan fingerprint density at radius 1 is 1.10 bits per heavy atom. The van der Waals surface area contributed by atoms with Crippen molar-refractivity contribution in [3.8, 4) is 0 Å². The number of rotatable bonds is 7. The van der Waals surface area contributed by atoms with Crippen molar-refractivity contribution in [1.82, 2.24) is 4.90 Å². The molecule has 0 aromatic rings.